The minimum Gasteiger partial charge on any atom is -0.469 e. The number of amides is 1. The maximum Gasteiger partial charge on any atom is 0.310 e. The molecule has 5 nitrogen and oxygen atoms in total. The minimum atomic E-state index is -0.213. The summed E-state index contributed by atoms with van der Waals surface area (Å²) in [4.78, 5) is 25.9. The summed E-state index contributed by atoms with van der Waals surface area (Å²) in [5.74, 6) is -0.348. The highest BCUT2D eigenvalue weighted by Gasteiger charge is 2.33. The Morgan fingerprint density at radius 3 is 2.75 bits per heavy atom. The summed E-state index contributed by atoms with van der Waals surface area (Å²) in [6, 6.07) is 4.29. The molecule has 0 bridgehead atoms. The fraction of sp³-hybridized carbons (Fsp3) is 0.600. The highest BCUT2D eigenvalue weighted by Crippen LogP contribution is 2.33. The van der Waals surface area contributed by atoms with Gasteiger partial charge in [-0.15, -0.1) is 0 Å². The number of methoxy groups -OCH3 is 1. The highest BCUT2D eigenvalue weighted by molar-refractivity contribution is 5.93. The van der Waals surface area contributed by atoms with Gasteiger partial charge in [-0.05, 0) is 37.8 Å². The second kappa shape index (κ2) is 5.31. The van der Waals surface area contributed by atoms with E-state index in [1.165, 1.54) is 13.5 Å². The predicted octanol–water partition coefficient (Wildman–Crippen LogP) is 1.85. The summed E-state index contributed by atoms with van der Waals surface area (Å²) in [7, 11) is 1.40. The van der Waals surface area contributed by atoms with Gasteiger partial charge in [0.25, 0.3) is 5.91 Å². The van der Waals surface area contributed by atoms with E-state index in [1.807, 2.05) is 18.3 Å². The molecule has 1 amide bonds. The average Bonchev–Trinajstić information content (AvgIpc) is 3.04. The number of aromatic nitrogens is 1. The molecule has 1 aromatic heterocycles. The summed E-state index contributed by atoms with van der Waals surface area (Å²) in [6.07, 6.45) is 6.23. The molecule has 2 aliphatic rings. The van der Waals surface area contributed by atoms with Crippen molar-refractivity contribution in [2.24, 2.45) is 5.92 Å². The molecule has 1 aliphatic carbocycles. The van der Waals surface area contributed by atoms with E-state index in [1.54, 1.807) is 4.90 Å². The Morgan fingerprint density at radius 2 is 2.10 bits per heavy atom. The lowest BCUT2D eigenvalue weighted by atomic mass is 9.93. The highest BCUT2D eigenvalue weighted by atomic mass is 16.5. The van der Waals surface area contributed by atoms with Crippen LogP contribution in [-0.2, 0) is 9.53 Å². The molecule has 1 unspecified atom stereocenters. The summed E-state index contributed by atoms with van der Waals surface area (Å²) in [5, 5.41) is 0. The maximum absolute atomic E-state index is 12.6. The van der Waals surface area contributed by atoms with Crippen LogP contribution >= 0.6 is 0 Å². The smallest absolute Gasteiger partial charge is 0.310 e. The van der Waals surface area contributed by atoms with Crippen LogP contribution in [-0.4, -0.2) is 41.5 Å². The molecule has 1 aliphatic heterocycles. The van der Waals surface area contributed by atoms with Gasteiger partial charge in [-0.3, -0.25) is 9.59 Å². The molecule has 5 heteroatoms. The van der Waals surface area contributed by atoms with Crippen LogP contribution in [0, 0.1) is 5.92 Å². The van der Waals surface area contributed by atoms with Crippen LogP contribution in [0.1, 0.15) is 42.2 Å². The van der Waals surface area contributed by atoms with Crippen LogP contribution in [0.4, 0.5) is 0 Å². The van der Waals surface area contributed by atoms with Crippen LogP contribution < -0.4 is 0 Å². The fourth-order valence-electron chi connectivity index (χ4n) is 3.02. The number of hydrogen-bond acceptors (Lipinski definition) is 3. The third-order valence-corrected chi connectivity index (χ3v) is 4.48. The molecule has 20 heavy (non-hydrogen) atoms. The van der Waals surface area contributed by atoms with E-state index in [9.17, 15) is 9.59 Å². The van der Waals surface area contributed by atoms with Crippen LogP contribution in [0.2, 0.25) is 0 Å². The standard InChI is InChI=1S/C15H20N2O3/c1-20-15(19)11-7-9-16(10-11)14(18)13-6-3-8-17(13)12-4-2-5-12/h3,6,8,11-12H,2,4-5,7,9-10H2,1H3. The first kappa shape index (κ1) is 13.2. The zero-order valence-corrected chi connectivity index (χ0v) is 11.7. The van der Waals surface area contributed by atoms with Gasteiger partial charge in [0, 0.05) is 25.3 Å². The van der Waals surface area contributed by atoms with Crippen LogP contribution in [0.3, 0.4) is 0 Å². The summed E-state index contributed by atoms with van der Waals surface area (Å²) >= 11 is 0. The summed E-state index contributed by atoms with van der Waals surface area (Å²) in [5.41, 5.74) is 0.750. The first-order valence-electron chi connectivity index (χ1n) is 7.24. The SMILES string of the molecule is COC(=O)C1CCN(C(=O)c2cccn2C2CCC2)C1. The largest absolute Gasteiger partial charge is 0.469 e. The van der Waals surface area contributed by atoms with Crippen molar-refractivity contribution in [1.29, 1.82) is 0 Å². The maximum atomic E-state index is 12.6. The predicted molar refractivity (Wildman–Crippen MR) is 73.3 cm³/mol. The van der Waals surface area contributed by atoms with Crippen molar-refractivity contribution in [3.8, 4) is 0 Å². The Bertz CT molecular complexity index is 519. The van der Waals surface area contributed by atoms with Gasteiger partial charge < -0.3 is 14.2 Å². The number of rotatable bonds is 3. The number of nitrogens with zero attached hydrogens (tertiary/aromatic N) is 2. The van der Waals surface area contributed by atoms with Crippen LogP contribution in [0.15, 0.2) is 18.3 Å². The van der Waals surface area contributed by atoms with Crippen molar-refractivity contribution >= 4 is 11.9 Å². The van der Waals surface area contributed by atoms with E-state index in [-0.39, 0.29) is 17.8 Å². The Labute approximate surface area is 118 Å². The van der Waals surface area contributed by atoms with Gasteiger partial charge >= 0.3 is 5.97 Å². The molecule has 3 rings (SSSR count). The molecule has 0 spiro atoms. The van der Waals surface area contributed by atoms with Gasteiger partial charge in [0.1, 0.15) is 5.69 Å². The molecule has 108 valence electrons. The molecular formula is C15H20N2O3. The van der Waals surface area contributed by atoms with Crippen molar-refractivity contribution in [2.75, 3.05) is 20.2 Å². The molecule has 0 aromatic carbocycles. The molecule has 2 fully saturated rings. The Balaban J connectivity index is 1.70. The zero-order chi connectivity index (χ0) is 14.1. The van der Waals surface area contributed by atoms with E-state index in [2.05, 4.69) is 4.57 Å². The van der Waals surface area contributed by atoms with Gasteiger partial charge in [-0.25, -0.2) is 0 Å². The topological polar surface area (TPSA) is 51.5 Å². The van der Waals surface area contributed by atoms with E-state index in [0.29, 0.717) is 25.6 Å². The number of carbonyl (C=O) groups excluding carboxylic acids is 2. The van der Waals surface area contributed by atoms with Gasteiger partial charge in [0.15, 0.2) is 0 Å². The van der Waals surface area contributed by atoms with Crippen molar-refractivity contribution < 1.29 is 14.3 Å². The lowest BCUT2D eigenvalue weighted by Gasteiger charge is -2.29. The van der Waals surface area contributed by atoms with E-state index < -0.39 is 0 Å². The molecule has 1 aromatic rings. The summed E-state index contributed by atoms with van der Waals surface area (Å²) < 4.78 is 6.85. The monoisotopic (exact) mass is 276 g/mol. The Kier molecular flexibility index (Phi) is 3.51. The molecule has 1 atom stereocenters. The third-order valence-electron chi connectivity index (χ3n) is 4.48. The van der Waals surface area contributed by atoms with Gasteiger partial charge in [-0.2, -0.15) is 0 Å². The van der Waals surface area contributed by atoms with Crippen molar-refractivity contribution in [3.05, 3.63) is 24.0 Å². The third kappa shape index (κ3) is 2.21. The van der Waals surface area contributed by atoms with E-state index in [4.69, 9.17) is 4.74 Å². The minimum absolute atomic E-state index is 0.0355. The lowest BCUT2D eigenvalue weighted by molar-refractivity contribution is -0.144. The van der Waals surface area contributed by atoms with Crippen molar-refractivity contribution in [1.82, 2.24) is 9.47 Å². The Morgan fingerprint density at radius 1 is 1.30 bits per heavy atom. The van der Waals surface area contributed by atoms with Gasteiger partial charge in [-0.1, -0.05) is 0 Å². The quantitative estimate of drug-likeness (QED) is 0.792. The van der Waals surface area contributed by atoms with E-state index in [0.717, 1.165) is 18.5 Å². The fourth-order valence-corrected chi connectivity index (χ4v) is 3.02. The van der Waals surface area contributed by atoms with Gasteiger partial charge in [0.2, 0.25) is 0 Å². The number of carbonyl (C=O) groups is 2. The zero-order valence-electron chi connectivity index (χ0n) is 11.7. The first-order chi connectivity index (χ1) is 9.70. The van der Waals surface area contributed by atoms with Crippen LogP contribution in [0.25, 0.3) is 0 Å². The number of esters is 1. The lowest BCUT2D eigenvalue weighted by Crippen LogP contribution is -2.33. The number of ether oxygens (including phenoxy) is 1. The molecule has 1 saturated carbocycles. The molecule has 2 heterocycles. The van der Waals surface area contributed by atoms with Crippen LogP contribution in [0.5, 0.6) is 0 Å². The number of hydrogen-bond donors (Lipinski definition) is 0. The first-order valence-corrected chi connectivity index (χ1v) is 7.24. The Hall–Kier alpha value is -1.78. The normalized spacial score (nSPS) is 22.6. The van der Waals surface area contributed by atoms with Gasteiger partial charge in [0.05, 0.1) is 13.0 Å². The second-order valence-corrected chi connectivity index (χ2v) is 5.65. The molecule has 0 radical (unpaired) electrons. The summed E-state index contributed by atoms with van der Waals surface area (Å²) in [6.45, 7) is 1.11. The second-order valence-electron chi connectivity index (χ2n) is 5.65. The number of likely N-dealkylation sites (tertiary alicyclic amines) is 1. The van der Waals surface area contributed by atoms with E-state index >= 15 is 0 Å². The van der Waals surface area contributed by atoms with Crippen molar-refractivity contribution in [2.45, 2.75) is 31.7 Å². The molecule has 0 N–H and O–H groups in total. The molecular weight excluding hydrogens is 256 g/mol. The molecule has 1 saturated heterocycles. The average molecular weight is 276 g/mol. The van der Waals surface area contributed by atoms with Crippen molar-refractivity contribution in [3.63, 3.8) is 0 Å².